The molecule has 1 aromatic rings. The lowest BCUT2D eigenvalue weighted by atomic mass is 10.0. The zero-order chi connectivity index (χ0) is 7.56. The minimum absolute atomic E-state index is 0.154. The molecule has 0 aliphatic heterocycles. The van der Waals surface area contributed by atoms with Crippen molar-refractivity contribution in [1.29, 1.82) is 0 Å². The van der Waals surface area contributed by atoms with E-state index in [2.05, 4.69) is 19.1 Å². The van der Waals surface area contributed by atoms with Gasteiger partial charge in [0.15, 0.2) is 0 Å². The summed E-state index contributed by atoms with van der Waals surface area (Å²) in [5, 5.41) is 0. The van der Waals surface area contributed by atoms with Gasteiger partial charge in [0.05, 0.1) is 0 Å². The molecule has 0 aromatic heterocycles. The normalized spacial score (nSPS) is 13.1. The molecule has 0 fully saturated rings. The fraction of sp³-hybridized carbons (Fsp3) is 0.333. The number of benzene rings is 1. The summed E-state index contributed by atoms with van der Waals surface area (Å²) in [6.07, 6.45) is 0. The van der Waals surface area contributed by atoms with Crippen LogP contribution >= 0.6 is 0 Å². The van der Waals surface area contributed by atoms with E-state index in [0.717, 1.165) is 0 Å². The predicted octanol–water partition coefficient (Wildman–Crippen LogP) is 2.01. The number of nitrogens with two attached hydrogens (primary N) is 1. The van der Waals surface area contributed by atoms with Crippen molar-refractivity contribution < 1.29 is 0 Å². The zero-order valence-electron chi connectivity index (χ0n) is 6.46. The van der Waals surface area contributed by atoms with Crippen LogP contribution < -0.4 is 5.73 Å². The molecule has 0 amide bonds. The van der Waals surface area contributed by atoms with Gasteiger partial charge in [0.2, 0.25) is 0 Å². The third kappa shape index (κ3) is 1.36. The van der Waals surface area contributed by atoms with Crippen molar-refractivity contribution in [2.24, 2.45) is 5.73 Å². The Morgan fingerprint density at radius 3 is 2.30 bits per heavy atom. The van der Waals surface area contributed by atoms with Crippen molar-refractivity contribution in [2.75, 3.05) is 0 Å². The van der Waals surface area contributed by atoms with E-state index in [9.17, 15) is 0 Å². The first-order valence-electron chi connectivity index (χ1n) is 3.53. The van der Waals surface area contributed by atoms with Gasteiger partial charge in [-0.2, -0.15) is 0 Å². The van der Waals surface area contributed by atoms with Crippen LogP contribution in [0, 0.1) is 6.92 Å². The van der Waals surface area contributed by atoms with Crippen LogP contribution in [0.15, 0.2) is 24.3 Å². The van der Waals surface area contributed by atoms with Crippen LogP contribution in [0.2, 0.25) is 0 Å². The van der Waals surface area contributed by atoms with Gasteiger partial charge in [-0.25, -0.2) is 0 Å². The fourth-order valence-electron chi connectivity index (χ4n) is 1.10. The first-order valence-corrected chi connectivity index (χ1v) is 3.53. The Morgan fingerprint density at radius 2 is 1.90 bits per heavy atom. The molecular formula is C9H13N. The van der Waals surface area contributed by atoms with Gasteiger partial charge in [-0.15, -0.1) is 0 Å². The highest BCUT2D eigenvalue weighted by molar-refractivity contribution is 5.27. The molecule has 1 atom stereocenters. The Labute approximate surface area is 61.9 Å². The molecule has 54 valence electrons. The molecule has 0 unspecified atom stereocenters. The van der Waals surface area contributed by atoms with Crippen molar-refractivity contribution >= 4 is 0 Å². The van der Waals surface area contributed by atoms with Crippen molar-refractivity contribution in [3.8, 4) is 0 Å². The fourth-order valence-corrected chi connectivity index (χ4v) is 1.10. The summed E-state index contributed by atoms with van der Waals surface area (Å²) in [6.45, 7) is 4.08. The topological polar surface area (TPSA) is 26.0 Å². The molecule has 1 rings (SSSR count). The number of rotatable bonds is 1. The van der Waals surface area contributed by atoms with Gasteiger partial charge in [0.1, 0.15) is 0 Å². The van der Waals surface area contributed by atoms with E-state index in [4.69, 9.17) is 5.73 Å². The van der Waals surface area contributed by atoms with Gasteiger partial charge < -0.3 is 5.73 Å². The lowest BCUT2D eigenvalue weighted by molar-refractivity contribution is 0.810. The van der Waals surface area contributed by atoms with E-state index in [0.29, 0.717) is 0 Å². The molecule has 0 spiro atoms. The van der Waals surface area contributed by atoms with E-state index in [1.165, 1.54) is 11.1 Å². The number of hydrogen-bond acceptors (Lipinski definition) is 1. The standard InChI is InChI=1S/C9H13N/c1-7-5-3-4-6-9(7)8(2)10/h3-6,8H,10H2,1-2H3/t8-/m0/s1. The third-order valence-corrected chi connectivity index (χ3v) is 1.68. The Kier molecular flexibility index (Phi) is 2.07. The minimum atomic E-state index is 0.154. The molecule has 2 N–H and O–H groups in total. The quantitative estimate of drug-likeness (QED) is 0.626. The Bertz CT molecular complexity index is 216. The van der Waals surface area contributed by atoms with Gasteiger partial charge in [-0.3, -0.25) is 0 Å². The maximum atomic E-state index is 5.71. The van der Waals surface area contributed by atoms with Crippen LogP contribution in [0.5, 0.6) is 0 Å². The smallest absolute Gasteiger partial charge is 0.0268 e. The predicted molar refractivity (Wildman–Crippen MR) is 43.8 cm³/mol. The van der Waals surface area contributed by atoms with Gasteiger partial charge >= 0.3 is 0 Å². The maximum Gasteiger partial charge on any atom is 0.0268 e. The van der Waals surface area contributed by atoms with Crippen LogP contribution in [0.1, 0.15) is 24.1 Å². The van der Waals surface area contributed by atoms with E-state index in [-0.39, 0.29) is 6.04 Å². The molecule has 1 nitrogen and oxygen atoms in total. The number of aryl methyl sites for hydroxylation is 1. The van der Waals surface area contributed by atoms with E-state index in [1.807, 2.05) is 19.1 Å². The lowest BCUT2D eigenvalue weighted by Gasteiger charge is -2.07. The highest BCUT2D eigenvalue weighted by atomic mass is 14.6. The molecule has 0 bridgehead atoms. The molecular weight excluding hydrogens is 122 g/mol. The Morgan fingerprint density at radius 1 is 1.30 bits per heavy atom. The van der Waals surface area contributed by atoms with Crippen molar-refractivity contribution in [3.05, 3.63) is 35.4 Å². The Hall–Kier alpha value is -0.820. The van der Waals surface area contributed by atoms with E-state index >= 15 is 0 Å². The van der Waals surface area contributed by atoms with E-state index in [1.54, 1.807) is 0 Å². The molecule has 0 aliphatic carbocycles. The average Bonchev–Trinajstić information content (AvgIpc) is 1.88. The van der Waals surface area contributed by atoms with Gasteiger partial charge in [0.25, 0.3) is 0 Å². The van der Waals surface area contributed by atoms with Crippen molar-refractivity contribution in [3.63, 3.8) is 0 Å². The minimum Gasteiger partial charge on any atom is -0.324 e. The van der Waals surface area contributed by atoms with Gasteiger partial charge in [-0.05, 0) is 25.0 Å². The first-order chi connectivity index (χ1) is 4.72. The summed E-state index contributed by atoms with van der Waals surface area (Å²) in [5.74, 6) is 0. The molecule has 1 heteroatoms. The summed E-state index contributed by atoms with van der Waals surface area (Å²) in [6, 6.07) is 8.35. The molecule has 0 saturated heterocycles. The molecule has 0 heterocycles. The average molecular weight is 135 g/mol. The van der Waals surface area contributed by atoms with Crippen molar-refractivity contribution in [2.45, 2.75) is 19.9 Å². The molecule has 1 aromatic carbocycles. The second-order valence-corrected chi connectivity index (χ2v) is 2.65. The SMILES string of the molecule is Cc1ccccc1[C@H](C)N. The highest BCUT2D eigenvalue weighted by Crippen LogP contribution is 2.13. The van der Waals surface area contributed by atoms with Crippen LogP contribution in [-0.2, 0) is 0 Å². The summed E-state index contributed by atoms with van der Waals surface area (Å²) in [4.78, 5) is 0. The molecule has 10 heavy (non-hydrogen) atoms. The van der Waals surface area contributed by atoms with Crippen LogP contribution in [0.25, 0.3) is 0 Å². The third-order valence-electron chi connectivity index (χ3n) is 1.68. The summed E-state index contributed by atoms with van der Waals surface area (Å²) < 4.78 is 0. The van der Waals surface area contributed by atoms with Gasteiger partial charge in [-0.1, -0.05) is 24.3 Å². The van der Waals surface area contributed by atoms with Crippen LogP contribution in [-0.4, -0.2) is 0 Å². The van der Waals surface area contributed by atoms with Crippen LogP contribution in [0.3, 0.4) is 0 Å². The maximum absolute atomic E-state index is 5.71. The van der Waals surface area contributed by atoms with Gasteiger partial charge in [0, 0.05) is 6.04 Å². The van der Waals surface area contributed by atoms with E-state index < -0.39 is 0 Å². The molecule has 0 radical (unpaired) electrons. The number of hydrogen-bond donors (Lipinski definition) is 1. The molecule has 0 aliphatic rings. The van der Waals surface area contributed by atoms with Crippen molar-refractivity contribution in [1.82, 2.24) is 0 Å². The Balaban J connectivity index is 3.03. The highest BCUT2D eigenvalue weighted by Gasteiger charge is 1.99. The second-order valence-electron chi connectivity index (χ2n) is 2.65. The molecule has 0 saturated carbocycles. The monoisotopic (exact) mass is 135 g/mol. The zero-order valence-corrected chi connectivity index (χ0v) is 6.46. The second kappa shape index (κ2) is 2.84. The lowest BCUT2D eigenvalue weighted by Crippen LogP contribution is -2.06. The largest absolute Gasteiger partial charge is 0.324 e. The summed E-state index contributed by atoms with van der Waals surface area (Å²) in [5.41, 5.74) is 8.23. The first kappa shape index (κ1) is 7.29. The summed E-state index contributed by atoms with van der Waals surface area (Å²) in [7, 11) is 0. The summed E-state index contributed by atoms with van der Waals surface area (Å²) >= 11 is 0. The van der Waals surface area contributed by atoms with Crippen LogP contribution in [0.4, 0.5) is 0 Å².